The van der Waals surface area contributed by atoms with E-state index in [9.17, 15) is 9.90 Å². The molecule has 0 saturated carbocycles. The Bertz CT molecular complexity index is 591. The minimum Gasteiger partial charge on any atom is -0.508 e. The molecule has 1 atom stereocenters. The minimum atomic E-state index is -0.374. The van der Waals surface area contributed by atoms with Gasteiger partial charge in [-0.3, -0.25) is 9.69 Å². The van der Waals surface area contributed by atoms with E-state index in [1.54, 1.807) is 13.2 Å². The van der Waals surface area contributed by atoms with Crippen LogP contribution >= 0.6 is 23.2 Å². The Morgan fingerprint density at radius 3 is 2.38 bits per heavy atom. The van der Waals surface area contributed by atoms with Gasteiger partial charge in [-0.25, -0.2) is 0 Å². The molecule has 2 aliphatic rings. The van der Waals surface area contributed by atoms with Gasteiger partial charge < -0.3 is 19.8 Å². The third-order valence-corrected chi connectivity index (χ3v) is 5.23. The highest BCUT2D eigenvalue weighted by atomic mass is 35.5. The summed E-state index contributed by atoms with van der Waals surface area (Å²) in [6.45, 7) is 3.64. The van der Waals surface area contributed by atoms with Crippen molar-refractivity contribution in [3.63, 3.8) is 0 Å². The lowest BCUT2D eigenvalue weighted by Gasteiger charge is -2.38. The normalized spacial score (nSPS) is 19.3. The molecule has 2 fully saturated rings. The number of aromatic hydroxyl groups is 1. The zero-order valence-electron chi connectivity index (χ0n) is 14.9. The maximum absolute atomic E-state index is 12.2. The average Bonchev–Trinajstić information content (AvgIpc) is 2.62. The lowest BCUT2D eigenvalue weighted by atomic mass is 10.1. The van der Waals surface area contributed by atoms with Gasteiger partial charge in [0, 0.05) is 39.8 Å². The van der Waals surface area contributed by atoms with Crippen LogP contribution in [0.5, 0.6) is 5.75 Å². The fourth-order valence-electron chi connectivity index (χ4n) is 2.98. The van der Waals surface area contributed by atoms with Crippen LogP contribution < -0.4 is 0 Å². The average molecular weight is 405 g/mol. The van der Waals surface area contributed by atoms with Crippen LogP contribution in [0.25, 0.3) is 0 Å². The summed E-state index contributed by atoms with van der Waals surface area (Å²) >= 11 is 11.1. The number of rotatable bonds is 4. The first kappa shape index (κ1) is 21.3. The first-order valence-electron chi connectivity index (χ1n) is 8.76. The predicted molar refractivity (Wildman–Crippen MR) is 102 cm³/mol. The summed E-state index contributed by atoms with van der Waals surface area (Å²) in [5.41, 5.74) is 0. The number of phenols is 1. The Kier molecular flexibility index (Phi) is 8.44. The number of piperidine rings is 1. The number of hydrogen-bond donors (Lipinski definition) is 2. The molecule has 1 aromatic carbocycles. The van der Waals surface area contributed by atoms with Crippen LogP contribution in [0.3, 0.4) is 0 Å². The number of aliphatic hydroxyl groups is 1. The Morgan fingerprint density at radius 1 is 1.23 bits per heavy atom. The topological polar surface area (TPSA) is 73.2 Å². The predicted octanol–water partition coefficient (Wildman–Crippen LogP) is 2.39. The summed E-state index contributed by atoms with van der Waals surface area (Å²) in [6.07, 6.45) is 2.83. The fourth-order valence-corrected chi connectivity index (χ4v) is 3.27. The highest BCUT2D eigenvalue weighted by Crippen LogP contribution is 2.25. The molecule has 8 heteroatoms. The van der Waals surface area contributed by atoms with Crippen LogP contribution in [0.15, 0.2) is 18.2 Å². The molecule has 3 rings (SSSR count). The Balaban J connectivity index is 0.000000228. The number of carbonyl (C=O) groups is 1. The molecule has 2 heterocycles. The number of nitrogens with zero attached hydrogens (tertiary/aromatic N) is 2. The van der Waals surface area contributed by atoms with Gasteiger partial charge in [-0.15, -0.1) is 0 Å². The number of aliphatic hydroxyl groups excluding tert-OH is 1. The summed E-state index contributed by atoms with van der Waals surface area (Å²) < 4.78 is 5.29. The molecule has 0 aromatic heterocycles. The van der Waals surface area contributed by atoms with E-state index in [0.717, 1.165) is 25.9 Å². The summed E-state index contributed by atoms with van der Waals surface area (Å²) in [7, 11) is 1.59. The van der Waals surface area contributed by atoms with Crippen molar-refractivity contribution in [2.24, 2.45) is 0 Å². The first-order valence-corrected chi connectivity index (χ1v) is 9.52. The van der Waals surface area contributed by atoms with Gasteiger partial charge in [0.1, 0.15) is 11.9 Å². The second-order valence-corrected chi connectivity index (χ2v) is 7.40. The number of hydrogen-bond acceptors (Lipinski definition) is 5. The van der Waals surface area contributed by atoms with Gasteiger partial charge >= 0.3 is 0 Å². The van der Waals surface area contributed by atoms with Gasteiger partial charge in [0.15, 0.2) is 0 Å². The van der Waals surface area contributed by atoms with Crippen LogP contribution in [0.1, 0.15) is 19.3 Å². The SMILES string of the molecule is COC(CN1CC(O)C1)C(=O)N1CCCCC1.Oc1ccc(Cl)c(Cl)c1. The monoisotopic (exact) mass is 404 g/mol. The molecule has 0 bridgehead atoms. The second-order valence-electron chi connectivity index (χ2n) is 6.58. The Morgan fingerprint density at radius 2 is 1.88 bits per heavy atom. The van der Waals surface area contributed by atoms with Crippen LogP contribution in [0.4, 0.5) is 0 Å². The number of β-amino-alcohol motifs (C(OH)–C–C–N with tert-alkyl or cyclic N) is 1. The summed E-state index contributed by atoms with van der Waals surface area (Å²) in [4.78, 5) is 16.2. The molecule has 2 saturated heterocycles. The molecular formula is C18H26Cl2N2O4. The van der Waals surface area contributed by atoms with Crippen molar-refractivity contribution < 1.29 is 19.7 Å². The van der Waals surface area contributed by atoms with Crippen molar-refractivity contribution >= 4 is 29.1 Å². The van der Waals surface area contributed by atoms with Gasteiger partial charge in [0.05, 0.1) is 16.1 Å². The van der Waals surface area contributed by atoms with E-state index in [1.165, 1.54) is 18.6 Å². The number of carbonyl (C=O) groups excluding carboxylic acids is 1. The molecule has 0 spiro atoms. The first-order chi connectivity index (χ1) is 12.4. The van der Waals surface area contributed by atoms with Crippen molar-refractivity contribution in [1.29, 1.82) is 0 Å². The van der Waals surface area contributed by atoms with Crippen LogP contribution in [0, 0.1) is 0 Å². The molecule has 146 valence electrons. The number of amides is 1. The summed E-state index contributed by atoms with van der Waals surface area (Å²) in [6, 6.07) is 4.41. The van der Waals surface area contributed by atoms with Gasteiger partial charge in [0.25, 0.3) is 5.91 Å². The number of benzene rings is 1. The molecule has 0 aliphatic carbocycles. The zero-order chi connectivity index (χ0) is 19.1. The number of methoxy groups -OCH3 is 1. The van der Waals surface area contributed by atoms with Crippen molar-refractivity contribution in [2.75, 3.05) is 39.8 Å². The highest BCUT2D eigenvalue weighted by Gasteiger charge is 2.31. The number of ether oxygens (including phenoxy) is 1. The van der Waals surface area contributed by atoms with E-state index < -0.39 is 0 Å². The van der Waals surface area contributed by atoms with E-state index >= 15 is 0 Å². The molecule has 26 heavy (non-hydrogen) atoms. The summed E-state index contributed by atoms with van der Waals surface area (Å²) in [5, 5.41) is 18.8. The minimum absolute atomic E-state index is 0.105. The smallest absolute Gasteiger partial charge is 0.253 e. The van der Waals surface area contributed by atoms with E-state index in [1.807, 2.05) is 4.90 Å². The molecular weight excluding hydrogens is 379 g/mol. The van der Waals surface area contributed by atoms with E-state index in [4.69, 9.17) is 33.0 Å². The lowest BCUT2D eigenvalue weighted by molar-refractivity contribution is -0.146. The largest absolute Gasteiger partial charge is 0.508 e. The quantitative estimate of drug-likeness (QED) is 0.805. The molecule has 2 aliphatic heterocycles. The molecule has 1 aromatic rings. The Labute approximate surface area is 164 Å². The zero-order valence-corrected chi connectivity index (χ0v) is 16.4. The van der Waals surface area contributed by atoms with Gasteiger partial charge in [0.2, 0.25) is 0 Å². The standard InChI is InChI=1S/C12H22N2O3.C6H4Cl2O/c1-17-11(9-13-7-10(15)8-13)12(16)14-5-3-2-4-6-14;7-5-2-1-4(9)3-6(5)8/h10-11,15H,2-9H2,1H3;1-3,9H. The van der Waals surface area contributed by atoms with E-state index in [2.05, 4.69) is 4.90 Å². The van der Waals surface area contributed by atoms with Crippen LogP contribution in [0.2, 0.25) is 10.0 Å². The van der Waals surface area contributed by atoms with Crippen molar-refractivity contribution in [2.45, 2.75) is 31.5 Å². The van der Waals surface area contributed by atoms with E-state index in [0.29, 0.717) is 29.7 Å². The van der Waals surface area contributed by atoms with Crippen molar-refractivity contribution in [3.8, 4) is 5.75 Å². The maximum Gasteiger partial charge on any atom is 0.253 e. The van der Waals surface area contributed by atoms with Crippen molar-refractivity contribution in [1.82, 2.24) is 9.80 Å². The molecule has 1 unspecified atom stereocenters. The van der Waals surface area contributed by atoms with Gasteiger partial charge in [-0.05, 0) is 37.5 Å². The summed E-state index contributed by atoms with van der Waals surface area (Å²) in [5.74, 6) is 0.234. The van der Waals surface area contributed by atoms with Crippen LogP contribution in [-0.2, 0) is 9.53 Å². The lowest BCUT2D eigenvalue weighted by Crippen LogP contribution is -2.56. The van der Waals surface area contributed by atoms with Crippen molar-refractivity contribution in [3.05, 3.63) is 28.2 Å². The molecule has 2 N–H and O–H groups in total. The van der Waals surface area contributed by atoms with Gasteiger partial charge in [-0.1, -0.05) is 23.2 Å². The van der Waals surface area contributed by atoms with Gasteiger partial charge in [-0.2, -0.15) is 0 Å². The number of halogens is 2. The number of phenolic OH excluding ortho intramolecular Hbond substituents is 1. The highest BCUT2D eigenvalue weighted by molar-refractivity contribution is 6.42. The third kappa shape index (κ3) is 6.28. The Hall–Kier alpha value is -1.05. The maximum atomic E-state index is 12.2. The number of likely N-dealkylation sites (tertiary alicyclic amines) is 2. The molecule has 1 amide bonds. The molecule has 0 radical (unpaired) electrons. The third-order valence-electron chi connectivity index (χ3n) is 4.49. The van der Waals surface area contributed by atoms with E-state index in [-0.39, 0.29) is 23.9 Å². The van der Waals surface area contributed by atoms with Crippen LogP contribution in [-0.4, -0.2) is 78.0 Å². The molecule has 6 nitrogen and oxygen atoms in total. The fraction of sp³-hybridized carbons (Fsp3) is 0.611. The second kappa shape index (κ2) is 10.3.